The van der Waals surface area contributed by atoms with Crippen molar-refractivity contribution in [3.8, 4) is 5.75 Å². The van der Waals surface area contributed by atoms with Crippen molar-refractivity contribution in [1.82, 2.24) is 15.1 Å². The van der Waals surface area contributed by atoms with Crippen molar-refractivity contribution in [2.45, 2.75) is 44.8 Å². The molecule has 7 heteroatoms. The molecule has 1 N–H and O–H groups in total. The van der Waals surface area contributed by atoms with Crippen molar-refractivity contribution < 1.29 is 19.1 Å². The number of rotatable bonds is 7. The lowest BCUT2D eigenvalue weighted by Crippen LogP contribution is -2.48. The van der Waals surface area contributed by atoms with Gasteiger partial charge in [0.25, 0.3) is 0 Å². The van der Waals surface area contributed by atoms with Crippen molar-refractivity contribution >= 4 is 17.7 Å². The van der Waals surface area contributed by atoms with Gasteiger partial charge in [-0.1, -0.05) is 42.5 Å². The van der Waals surface area contributed by atoms with E-state index in [1.807, 2.05) is 61.5 Å². The molecule has 0 bridgehead atoms. The predicted octanol–water partition coefficient (Wildman–Crippen LogP) is 2.91. The summed E-state index contributed by atoms with van der Waals surface area (Å²) < 4.78 is 5.16. The second kappa shape index (κ2) is 10.1. The molecule has 2 heterocycles. The maximum absolute atomic E-state index is 13.3. The van der Waals surface area contributed by atoms with E-state index in [0.717, 1.165) is 23.3 Å². The van der Waals surface area contributed by atoms with Crippen LogP contribution in [-0.4, -0.2) is 53.8 Å². The molecule has 0 aromatic heterocycles. The molecule has 2 fully saturated rings. The Hall–Kier alpha value is -3.35. The van der Waals surface area contributed by atoms with Gasteiger partial charge in [0.1, 0.15) is 11.8 Å². The van der Waals surface area contributed by atoms with Gasteiger partial charge in [0.2, 0.25) is 17.7 Å². The van der Waals surface area contributed by atoms with Gasteiger partial charge in [-0.2, -0.15) is 0 Å². The summed E-state index contributed by atoms with van der Waals surface area (Å²) in [5.74, 6) is 0.117. The quantitative estimate of drug-likeness (QED) is 0.705. The topological polar surface area (TPSA) is 79.0 Å². The molecular formula is C26H31N3O4. The maximum Gasteiger partial charge on any atom is 0.243 e. The van der Waals surface area contributed by atoms with E-state index in [4.69, 9.17) is 4.74 Å². The monoisotopic (exact) mass is 449 g/mol. The van der Waals surface area contributed by atoms with E-state index in [9.17, 15) is 14.4 Å². The van der Waals surface area contributed by atoms with Gasteiger partial charge >= 0.3 is 0 Å². The summed E-state index contributed by atoms with van der Waals surface area (Å²) in [6.45, 7) is 3.33. The molecule has 0 unspecified atom stereocenters. The Kier molecular flexibility index (Phi) is 6.96. The third-order valence-corrected chi connectivity index (χ3v) is 6.72. The molecule has 2 saturated heterocycles. The van der Waals surface area contributed by atoms with E-state index < -0.39 is 12.0 Å². The number of amides is 3. The van der Waals surface area contributed by atoms with Gasteiger partial charge in [0, 0.05) is 26.1 Å². The first-order valence-electron chi connectivity index (χ1n) is 11.5. The first-order valence-corrected chi connectivity index (χ1v) is 11.5. The molecule has 0 radical (unpaired) electrons. The highest BCUT2D eigenvalue weighted by Crippen LogP contribution is 2.31. The first-order chi connectivity index (χ1) is 16.0. The number of carbonyl (C=O) groups is 3. The average molecular weight is 450 g/mol. The number of hydrogen-bond donors (Lipinski definition) is 1. The summed E-state index contributed by atoms with van der Waals surface area (Å²) in [5.41, 5.74) is 2.02. The highest BCUT2D eigenvalue weighted by Gasteiger charge is 2.42. The van der Waals surface area contributed by atoms with Crippen molar-refractivity contribution in [3.05, 3.63) is 65.7 Å². The predicted molar refractivity (Wildman–Crippen MR) is 124 cm³/mol. The van der Waals surface area contributed by atoms with Gasteiger partial charge in [-0.3, -0.25) is 14.4 Å². The molecule has 0 aliphatic carbocycles. The molecule has 7 nitrogen and oxygen atoms in total. The van der Waals surface area contributed by atoms with Crippen LogP contribution in [0, 0.1) is 5.92 Å². The minimum absolute atomic E-state index is 0.00981. The van der Waals surface area contributed by atoms with Crippen LogP contribution >= 0.6 is 0 Å². The third kappa shape index (κ3) is 5.02. The zero-order valence-corrected chi connectivity index (χ0v) is 19.2. The number of methoxy groups -OCH3 is 1. The van der Waals surface area contributed by atoms with E-state index >= 15 is 0 Å². The second-order valence-electron chi connectivity index (χ2n) is 8.79. The van der Waals surface area contributed by atoms with E-state index in [-0.39, 0.29) is 30.2 Å². The van der Waals surface area contributed by atoms with Crippen molar-refractivity contribution in [2.75, 3.05) is 20.2 Å². The summed E-state index contributed by atoms with van der Waals surface area (Å²) >= 11 is 0. The highest BCUT2D eigenvalue weighted by atomic mass is 16.5. The normalized spacial score (nSPS) is 21.2. The van der Waals surface area contributed by atoms with Crippen LogP contribution in [0.1, 0.15) is 43.4 Å². The Labute approximate surface area is 194 Å². The van der Waals surface area contributed by atoms with Crippen LogP contribution in [0.3, 0.4) is 0 Å². The van der Waals surface area contributed by atoms with Crippen LogP contribution < -0.4 is 10.1 Å². The first kappa shape index (κ1) is 22.8. The van der Waals surface area contributed by atoms with Crippen LogP contribution in [0.5, 0.6) is 5.75 Å². The molecule has 2 aliphatic heterocycles. The number of ether oxygens (including phenoxy) is 1. The SMILES string of the molecule is COc1ccc(CNC(=O)[C@H]2CCCN2C(=O)[C@@H]2CC(=O)N([C@H](C)c3ccccc3)C2)cc1. The summed E-state index contributed by atoms with van der Waals surface area (Å²) in [6, 6.07) is 16.8. The molecule has 4 rings (SSSR count). The number of nitrogens with one attached hydrogen (secondary N) is 1. The molecule has 0 saturated carbocycles. The number of benzene rings is 2. The minimum atomic E-state index is -0.480. The van der Waals surface area contributed by atoms with Crippen LogP contribution in [0.25, 0.3) is 0 Å². The maximum atomic E-state index is 13.3. The summed E-state index contributed by atoms with van der Waals surface area (Å²) in [7, 11) is 1.61. The fraction of sp³-hybridized carbons (Fsp3) is 0.423. The molecule has 3 atom stereocenters. The Morgan fingerprint density at radius 3 is 2.55 bits per heavy atom. The summed E-state index contributed by atoms with van der Waals surface area (Å²) in [5, 5.41) is 2.96. The van der Waals surface area contributed by atoms with Crippen LogP contribution in [0.15, 0.2) is 54.6 Å². The zero-order valence-electron chi connectivity index (χ0n) is 19.2. The Balaban J connectivity index is 1.36. The van der Waals surface area contributed by atoms with E-state index in [0.29, 0.717) is 26.1 Å². The lowest BCUT2D eigenvalue weighted by molar-refractivity contribution is -0.141. The number of likely N-dealkylation sites (tertiary alicyclic amines) is 2. The Morgan fingerprint density at radius 1 is 1.12 bits per heavy atom. The van der Waals surface area contributed by atoms with E-state index in [1.165, 1.54) is 0 Å². The summed E-state index contributed by atoms with van der Waals surface area (Å²) in [4.78, 5) is 42.4. The average Bonchev–Trinajstić information content (AvgIpc) is 3.49. The molecule has 2 aromatic rings. The van der Waals surface area contributed by atoms with Gasteiger partial charge in [-0.15, -0.1) is 0 Å². The van der Waals surface area contributed by atoms with E-state index in [1.54, 1.807) is 16.9 Å². The molecule has 174 valence electrons. The Bertz CT molecular complexity index is 992. The lowest BCUT2D eigenvalue weighted by atomic mass is 10.1. The molecule has 33 heavy (non-hydrogen) atoms. The van der Waals surface area contributed by atoms with Crippen molar-refractivity contribution in [2.24, 2.45) is 5.92 Å². The van der Waals surface area contributed by atoms with Gasteiger partial charge in [-0.05, 0) is 43.0 Å². The zero-order chi connectivity index (χ0) is 23.4. The van der Waals surface area contributed by atoms with E-state index in [2.05, 4.69) is 5.32 Å². The fourth-order valence-electron chi connectivity index (χ4n) is 4.77. The minimum Gasteiger partial charge on any atom is -0.497 e. The molecule has 0 spiro atoms. The Morgan fingerprint density at radius 2 is 1.85 bits per heavy atom. The third-order valence-electron chi connectivity index (χ3n) is 6.72. The molecule has 2 aliphatic rings. The van der Waals surface area contributed by atoms with Gasteiger partial charge in [0.15, 0.2) is 0 Å². The smallest absolute Gasteiger partial charge is 0.243 e. The van der Waals surface area contributed by atoms with Gasteiger partial charge in [0.05, 0.1) is 19.1 Å². The van der Waals surface area contributed by atoms with Crippen LogP contribution in [-0.2, 0) is 20.9 Å². The van der Waals surface area contributed by atoms with Crippen molar-refractivity contribution in [3.63, 3.8) is 0 Å². The molecule has 2 aromatic carbocycles. The van der Waals surface area contributed by atoms with Crippen molar-refractivity contribution in [1.29, 1.82) is 0 Å². The second-order valence-corrected chi connectivity index (χ2v) is 8.79. The van der Waals surface area contributed by atoms with Gasteiger partial charge in [-0.25, -0.2) is 0 Å². The largest absolute Gasteiger partial charge is 0.497 e. The van der Waals surface area contributed by atoms with Gasteiger partial charge < -0.3 is 19.9 Å². The standard InChI is InChI=1S/C26H31N3O4/c1-18(20-7-4-3-5-8-20)29-17-21(15-24(29)30)26(32)28-14-6-9-23(28)25(31)27-16-19-10-12-22(33-2)13-11-19/h3-5,7-8,10-13,18,21,23H,6,9,14-17H2,1-2H3,(H,27,31)/t18-,21-,23-/m1/s1. The number of nitrogens with zero attached hydrogens (tertiary/aromatic N) is 2. The van der Waals surface area contributed by atoms with Crippen LogP contribution in [0.4, 0.5) is 0 Å². The number of carbonyl (C=O) groups excluding carboxylic acids is 3. The lowest BCUT2D eigenvalue weighted by Gasteiger charge is -2.28. The number of hydrogen-bond acceptors (Lipinski definition) is 4. The fourth-order valence-corrected chi connectivity index (χ4v) is 4.77. The molecule has 3 amide bonds. The highest BCUT2D eigenvalue weighted by molar-refractivity contribution is 5.93. The van der Waals surface area contributed by atoms with Crippen LogP contribution in [0.2, 0.25) is 0 Å². The summed E-state index contributed by atoms with van der Waals surface area (Å²) in [6.07, 6.45) is 1.63. The molecular weight excluding hydrogens is 418 g/mol.